The molecule has 1 N–H and O–H groups in total. The molecule has 1 aromatic heterocycles. The summed E-state index contributed by atoms with van der Waals surface area (Å²) in [5, 5.41) is 0.332. The average molecular weight is 574 g/mol. The Kier molecular flexibility index (Phi) is 14.4. The molecule has 9 nitrogen and oxygen atoms in total. The monoisotopic (exact) mass is 573 g/mol. The molecule has 1 heterocycles. The highest BCUT2D eigenvalue weighted by molar-refractivity contribution is 6.74. The number of aromatic nitrogens is 2. The normalized spacial score (nSPS) is 14.2. The summed E-state index contributed by atoms with van der Waals surface area (Å²) in [5.41, 5.74) is 0.803. The molecular weight excluding hydrogens is 518 g/mol. The maximum atomic E-state index is 12.7. The molecule has 0 amide bonds. The lowest BCUT2D eigenvalue weighted by Gasteiger charge is -2.36. The molecule has 0 saturated heterocycles. The summed E-state index contributed by atoms with van der Waals surface area (Å²) < 4.78 is 29.4. The van der Waals surface area contributed by atoms with Crippen LogP contribution in [0.3, 0.4) is 0 Å². The number of nitrogens with zero attached hydrogens (tertiary/aromatic N) is 2. The van der Waals surface area contributed by atoms with E-state index >= 15 is 0 Å². The van der Waals surface area contributed by atoms with Crippen molar-refractivity contribution >= 4 is 22.6 Å². The van der Waals surface area contributed by atoms with Crippen LogP contribution in [-0.4, -0.2) is 103 Å². The predicted octanol–water partition coefficient (Wildman–Crippen LogP) is 4.87. The van der Waals surface area contributed by atoms with E-state index in [1.807, 2.05) is 0 Å². The zero-order chi connectivity index (χ0) is 29.0. The van der Waals surface area contributed by atoms with Crippen molar-refractivity contribution in [2.24, 2.45) is 0 Å². The number of methoxy groups -OCH3 is 1. The van der Waals surface area contributed by atoms with Crippen molar-refractivity contribution in [2.45, 2.75) is 90.3 Å². The van der Waals surface area contributed by atoms with Gasteiger partial charge < -0.3 is 28.0 Å². The number of nitrogens with one attached hydrogen (secondary N) is 1. The van der Waals surface area contributed by atoms with Crippen LogP contribution >= 0.6 is 0 Å². The van der Waals surface area contributed by atoms with E-state index in [1.165, 1.54) is 7.11 Å². The van der Waals surface area contributed by atoms with Gasteiger partial charge in [0.15, 0.2) is 16.6 Å². The minimum atomic E-state index is -1.80. The van der Waals surface area contributed by atoms with Crippen LogP contribution in [0.25, 0.3) is 0 Å². The largest absolute Gasteiger partial charge is 0.468 e. The van der Waals surface area contributed by atoms with Gasteiger partial charge in [-0.3, -0.25) is 9.69 Å². The first kappa shape index (κ1) is 34.9. The Morgan fingerprint density at radius 2 is 1.34 bits per heavy atom. The lowest BCUT2D eigenvalue weighted by Crippen LogP contribution is -2.47. The number of imidazole rings is 1. The van der Waals surface area contributed by atoms with Crippen LogP contribution in [0.5, 0.6) is 0 Å². The Morgan fingerprint density at radius 1 is 0.868 bits per heavy atom. The molecule has 1 aromatic rings. The van der Waals surface area contributed by atoms with Crippen molar-refractivity contribution in [1.29, 1.82) is 0 Å². The average Bonchev–Trinajstić information content (AvgIpc) is 3.32. The third kappa shape index (κ3) is 12.0. The highest BCUT2D eigenvalue weighted by Crippen LogP contribution is 2.37. The van der Waals surface area contributed by atoms with Crippen molar-refractivity contribution in [3.63, 3.8) is 0 Å². The van der Waals surface area contributed by atoms with Gasteiger partial charge in [-0.1, -0.05) is 41.5 Å². The summed E-state index contributed by atoms with van der Waals surface area (Å²) in [6.45, 7) is 26.6. The highest BCUT2D eigenvalue weighted by Gasteiger charge is 2.37. The number of ether oxygens (including phenoxy) is 3. The zero-order valence-electron chi connectivity index (χ0n) is 25.9. The van der Waals surface area contributed by atoms with Gasteiger partial charge in [0.25, 0.3) is 0 Å². The van der Waals surface area contributed by atoms with E-state index in [4.69, 9.17) is 23.1 Å². The van der Waals surface area contributed by atoms with Crippen molar-refractivity contribution < 1.29 is 27.9 Å². The molecule has 11 heteroatoms. The zero-order valence-corrected chi connectivity index (χ0v) is 27.9. The molecule has 1 atom stereocenters. The number of carbonyl (C=O) groups excluding carboxylic acids is 1. The third-order valence-electron chi connectivity index (χ3n) is 7.91. The van der Waals surface area contributed by atoms with Crippen molar-refractivity contribution in [3.8, 4) is 0 Å². The van der Waals surface area contributed by atoms with E-state index < -0.39 is 22.7 Å². The summed E-state index contributed by atoms with van der Waals surface area (Å²) >= 11 is 0. The second-order valence-corrected chi connectivity index (χ2v) is 22.4. The molecule has 0 aliphatic heterocycles. The van der Waals surface area contributed by atoms with Gasteiger partial charge in [-0.05, 0) is 36.3 Å². The Balaban J connectivity index is 2.65. The Hall–Kier alpha value is -1.09. The molecule has 0 aliphatic carbocycles. The van der Waals surface area contributed by atoms with Crippen LogP contribution in [0.15, 0.2) is 12.5 Å². The second kappa shape index (κ2) is 15.6. The summed E-state index contributed by atoms with van der Waals surface area (Å²) in [6.07, 6.45) is 3.86. The molecule has 0 saturated carbocycles. The standard InChI is InChI=1S/C27H55N3O6Si2/c1-26(2,3)37(8,9)35-18-16-33-14-12-30(24(25(31)32-7)20-23-21-28-22-29-23)13-15-34-17-19-36-38(10,11)27(4,5)6/h21-22,24H,12-20H2,1-11H3,(H,28,29)/t24-/m0/s1. The van der Waals surface area contributed by atoms with E-state index in [2.05, 4.69) is 82.6 Å². The molecule has 0 bridgehead atoms. The number of rotatable bonds is 18. The molecular formula is C27H55N3O6Si2. The molecule has 0 radical (unpaired) electrons. The van der Waals surface area contributed by atoms with Gasteiger partial charge in [0.05, 0.1) is 58.8 Å². The van der Waals surface area contributed by atoms with E-state index in [0.29, 0.717) is 59.2 Å². The fraction of sp³-hybridized carbons (Fsp3) is 0.852. The fourth-order valence-electron chi connectivity index (χ4n) is 3.23. The van der Waals surface area contributed by atoms with Gasteiger partial charge in [0, 0.05) is 25.7 Å². The molecule has 0 fully saturated rings. The Labute approximate surface area is 233 Å². The lowest BCUT2D eigenvalue weighted by molar-refractivity contribution is -0.147. The van der Waals surface area contributed by atoms with Crippen molar-refractivity contribution in [3.05, 3.63) is 18.2 Å². The first-order valence-corrected chi connectivity index (χ1v) is 19.6. The van der Waals surface area contributed by atoms with Gasteiger partial charge in [0.1, 0.15) is 6.04 Å². The molecule has 1 rings (SSSR count). The van der Waals surface area contributed by atoms with E-state index in [9.17, 15) is 4.79 Å². The summed E-state index contributed by atoms with van der Waals surface area (Å²) in [7, 11) is -2.18. The van der Waals surface area contributed by atoms with Gasteiger partial charge in [-0.15, -0.1) is 0 Å². The molecule has 222 valence electrons. The number of carbonyl (C=O) groups is 1. The number of esters is 1. The van der Waals surface area contributed by atoms with Crippen LogP contribution in [0.1, 0.15) is 47.2 Å². The Bertz CT molecular complexity index is 754. The van der Waals surface area contributed by atoms with Crippen LogP contribution in [-0.2, 0) is 34.3 Å². The Morgan fingerprint density at radius 3 is 1.71 bits per heavy atom. The quantitative estimate of drug-likeness (QED) is 0.151. The predicted molar refractivity (Wildman–Crippen MR) is 158 cm³/mol. The molecule has 0 aromatic carbocycles. The maximum absolute atomic E-state index is 12.7. The van der Waals surface area contributed by atoms with Crippen LogP contribution in [0, 0.1) is 0 Å². The summed E-state index contributed by atoms with van der Waals surface area (Å²) in [6, 6.07) is -0.484. The topological polar surface area (TPSA) is 95.1 Å². The number of hydrogen-bond donors (Lipinski definition) is 1. The molecule has 38 heavy (non-hydrogen) atoms. The van der Waals surface area contributed by atoms with E-state index in [-0.39, 0.29) is 16.0 Å². The van der Waals surface area contributed by atoms with Crippen LogP contribution < -0.4 is 0 Å². The van der Waals surface area contributed by atoms with E-state index in [1.54, 1.807) is 12.5 Å². The van der Waals surface area contributed by atoms with E-state index in [0.717, 1.165) is 5.69 Å². The SMILES string of the molecule is COC(=O)[C@H](Cc1c[nH]cn1)N(CCOCCO[Si](C)(C)C(C)(C)C)CCOCCO[Si](C)(C)C(C)(C)C. The third-order valence-corrected chi connectivity index (χ3v) is 17.0. The first-order chi connectivity index (χ1) is 17.5. The van der Waals surface area contributed by atoms with Crippen molar-refractivity contribution in [2.75, 3.05) is 59.8 Å². The molecule has 0 unspecified atom stereocenters. The van der Waals surface area contributed by atoms with Crippen LogP contribution in [0.2, 0.25) is 36.3 Å². The van der Waals surface area contributed by atoms with Gasteiger partial charge in [-0.25, -0.2) is 4.98 Å². The second-order valence-electron chi connectivity index (χ2n) is 12.8. The van der Waals surface area contributed by atoms with Gasteiger partial charge in [-0.2, -0.15) is 0 Å². The fourth-order valence-corrected chi connectivity index (χ4v) is 5.29. The smallest absolute Gasteiger partial charge is 0.323 e. The molecule has 0 aliphatic rings. The number of aromatic amines is 1. The molecule has 0 spiro atoms. The highest BCUT2D eigenvalue weighted by atomic mass is 28.4. The number of H-pyrrole nitrogens is 1. The minimum absolute atomic E-state index is 0.166. The minimum Gasteiger partial charge on any atom is -0.468 e. The van der Waals surface area contributed by atoms with Crippen molar-refractivity contribution in [1.82, 2.24) is 14.9 Å². The van der Waals surface area contributed by atoms with Gasteiger partial charge in [0.2, 0.25) is 0 Å². The maximum Gasteiger partial charge on any atom is 0.323 e. The lowest BCUT2D eigenvalue weighted by atomic mass is 10.1. The number of hydrogen-bond acceptors (Lipinski definition) is 8. The van der Waals surface area contributed by atoms with Crippen LogP contribution in [0.4, 0.5) is 0 Å². The van der Waals surface area contributed by atoms with Gasteiger partial charge >= 0.3 is 5.97 Å². The summed E-state index contributed by atoms with van der Waals surface area (Å²) in [5.74, 6) is -0.296. The summed E-state index contributed by atoms with van der Waals surface area (Å²) in [4.78, 5) is 22.1. The first-order valence-electron chi connectivity index (χ1n) is 13.7.